The number of nitrogens with zero attached hydrogens (tertiary/aromatic N) is 3. The number of hydrogen-bond donors (Lipinski definition) is 2. The Kier molecular flexibility index (Phi) is 5.87. The van der Waals surface area contributed by atoms with Gasteiger partial charge in [0.15, 0.2) is 0 Å². The minimum Gasteiger partial charge on any atom is -0.438 e. The number of hydrogen-bond acceptors (Lipinski definition) is 7. The third kappa shape index (κ3) is 4.45. The molecule has 1 atom stereocenters. The standard InChI is InChI=1S/C24H24N4O4.H2/c1-15(2)24(3,30)17-8-6-16(7-9-17)14-26-22(29)19-5-4-12-25-23(19)31-18-10-11-20-21(13-18)28-32-27-20;/h4-13,15,30H,14H2,1-3H3,(H,26,29);1H. The van der Waals surface area contributed by atoms with Crippen molar-refractivity contribution in [2.45, 2.75) is 32.9 Å². The molecule has 0 saturated carbocycles. The van der Waals surface area contributed by atoms with E-state index in [1.807, 2.05) is 38.1 Å². The Morgan fingerprint density at radius 2 is 1.91 bits per heavy atom. The molecule has 0 bridgehead atoms. The summed E-state index contributed by atoms with van der Waals surface area (Å²) in [4.78, 5) is 17.0. The van der Waals surface area contributed by atoms with Crippen LogP contribution in [0.1, 0.15) is 43.7 Å². The van der Waals surface area contributed by atoms with Crippen molar-refractivity contribution in [2.24, 2.45) is 5.92 Å². The number of carbonyl (C=O) groups is 1. The van der Waals surface area contributed by atoms with Gasteiger partial charge in [0.1, 0.15) is 22.3 Å². The van der Waals surface area contributed by atoms with Gasteiger partial charge < -0.3 is 15.2 Å². The lowest BCUT2D eigenvalue weighted by atomic mass is 9.85. The summed E-state index contributed by atoms with van der Waals surface area (Å²) in [6, 6.07) is 16.0. The number of pyridine rings is 1. The van der Waals surface area contributed by atoms with Crippen molar-refractivity contribution >= 4 is 16.9 Å². The van der Waals surface area contributed by atoms with E-state index in [1.54, 1.807) is 43.5 Å². The normalized spacial score (nSPS) is 13.2. The van der Waals surface area contributed by atoms with Crippen LogP contribution in [0.2, 0.25) is 0 Å². The molecule has 2 heterocycles. The minimum absolute atomic E-state index is 0. The molecular formula is C24H26N4O4. The Balaban J connectivity index is 0.00000306. The summed E-state index contributed by atoms with van der Waals surface area (Å²) in [7, 11) is 0. The van der Waals surface area contributed by atoms with Crippen molar-refractivity contribution < 1.29 is 20.7 Å². The summed E-state index contributed by atoms with van der Waals surface area (Å²) in [6.07, 6.45) is 1.56. The van der Waals surface area contributed by atoms with E-state index in [9.17, 15) is 9.90 Å². The van der Waals surface area contributed by atoms with Crippen molar-refractivity contribution in [1.29, 1.82) is 0 Å². The summed E-state index contributed by atoms with van der Waals surface area (Å²) in [5.41, 5.74) is 2.31. The monoisotopic (exact) mass is 434 g/mol. The molecule has 166 valence electrons. The second kappa shape index (κ2) is 8.76. The zero-order chi connectivity index (χ0) is 22.7. The van der Waals surface area contributed by atoms with Crippen LogP contribution in [0, 0.1) is 5.92 Å². The largest absolute Gasteiger partial charge is 0.438 e. The van der Waals surface area contributed by atoms with Crippen molar-refractivity contribution in [2.75, 3.05) is 0 Å². The molecule has 0 aliphatic heterocycles. The van der Waals surface area contributed by atoms with Gasteiger partial charge in [-0.2, -0.15) is 0 Å². The van der Waals surface area contributed by atoms with Crippen LogP contribution in [-0.2, 0) is 12.1 Å². The van der Waals surface area contributed by atoms with E-state index in [2.05, 4.69) is 20.6 Å². The van der Waals surface area contributed by atoms with E-state index in [4.69, 9.17) is 9.37 Å². The summed E-state index contributed by atoms with van der Waals surface area (Å²) < 4.78 is 10.5. The predicted molar refractivity (Wildman–Crippen MR) is 120 cm³/mol. The van der Waals surface area contributed by atoms with Gasteiger partial charge in [0.2, 0.25) is 5.88 Å². The van der Waals surface area contributed by atoms with Crippen LogP contribution in [0.3, 0.4) is 0 Å². The molecule has 4 rings (SSSR count). The lowest BCUT2D eigenvalue weighted by molar-refractivity contribution is 0.00903. The Bertz CT molecular complexity index is 1240. The smallest absolute Gasteiger partial charge is 0.257 e. The zero-order valence-corrected chi connectivity index (χ0v) is 18.1. The molecule has 0 spiro atoms. The zero-order valence-electron chi connectivity index (χ0n) is 18.1. The van der Waals surface area contributed by atoms with Gasteiger partial charge in [0, 0.05) is 20.2 Å². The summed E-state index contributed by atoms with van der Waals surface area (Å²) in [5, 5.41) is 21.1. The number of ether oxygens (including phenoxy) is 1. The Labute approximate surface area is 186 Å². The first-order valence-corrected chi connectivity index (χ1v) is 10.3. The number of nitrogens with one attached hydrogen (secondary N) is 1. The van der Waals surface area contributed by atoms with Crippen molar-refractivity contribution in [3.63, 3.8) is 0 Å². The van der Waals surface area contributed by atoms with Crippen LogP contribution in [0.4, 0.5) is 0 Å². The van der Waals surface area contributed by atoms with Crippen LogP contribution in [0.15, 0.2) is 65.4 Å². The quantitative estimate of drug-likeness (QED) is 0.442. The van der Waals surface area contributed by atoms with E-state index < -0.39 is 5.60 Å². The minimum atomic E-state index is -0.908. The van der Waals surface area contributed by atoms with Gasteiger partial charge in [0.05, 0.1) is 5.60 Å². The highest BCUT2D eigenvalue weighted by molar-refractivity contribution is 5.96. The topological polar surface area (TPSA) is 110 Å². The van der Waals surface area contributed by atoms with E-state index in [0.717, 1.165) is 11.1 Å². The molecule has 0 aliphatic rings. The Morgan fingerprint density at radius 1 is 1.16 bits per heavy atom. The first kappa shape index (κ1) is 21.5. The highest BCUT2D eigenvalue weighted by atomic mass is 16.6. The van der Waals surface area contributed by atoms with Crippen LogP contribution in [0.5, 0.6) is 11.6 Å². The fraction of sp³-hybridized carbons (Fsp3) is 0.250. The molecule has 32 heavy (non-hydrogen) atoms. The number of aromatic nitrogens is 3. The Morgan fingerprint density at radius 3 is 2.66 bits per heavy atom. The van der Waals surface area contributed by atoms with Gasteiger partial charge in [-0.25, -0.2) is 9.61 Å². The van der Waals surface area contributed by atoms with Gasteiger partial charge in [-0.1, -0.05) is 38.1 Å². The highest BCUT2D eigenvalue weighted by Crippen LogP contribution is 2.29. The van der Waals surface area contributed by atoms with E-state index in [-0.39, 0.29) is 19.1 Å². The molecule has 8 nitrogen and oxygen atoms in total. The summed E-state index contributed by atoms with van der Waals surface area (Å²) >= 11 is 0. The fourth-order valence-corrected chi connectivity index (χ4v) is 3.15. The lowest BCUT2D eigenvalue weighted by Crippen LogP contribution is -2.28. The van der Waals surface area contributed by atoms with Crippen molar-refractivity contribution in [3.05, 3.63) is 77.5 Å². The number of amides is 1. The maximum absolute atomic E-state index is 12.8. The molecule has 8 heteroatoms. The average Bonchev–Trinajstić information content (AvgIpc) is 3.26. The van der Waals surface area contributed by atoms with Crippen LogP contribution in [0.25, 0.3) is 11.0 Å². The van der Waals surface area contributed by atoms with Gasteiger partial charge in [-0.15, -0.1) is 0 Å². The molecular weight excluding hydrogens is 408 g/mol. The maximum atomic E-state index is 12.8. The molecule has 0 radical (unpaired) electrons. The average molecular weight is 434 g/mol. The van der Waals surface area contributed by atoms with Crippen molar-refractivity contribution in [1.82, 2.24) is 20.6 Å². The Hall–Kier alpha value is -3.78. The molecule has 0 aliphatic carbocycles. The van der Waals surface area contributed by atoms with Gasteiger partial charge in [-0.3, -0.25) is 4.79 Å². The molecule has 0 fully saturated rings. The molecule has 4 aromatic rings. The molecule has 1 unspecified atom stereocenters. The number of rotatable bonds is 7. The second-order valence-electron chi connectivity index (χ2n) is 8.05. The fourth-order valence-electron chi connectivity index (χ4n) is 3.15. The number of aliphatic hydroxyl groups is 1. The maximum Gasteiger partial charge on any atom is 0.257 e. The third-order valence-corrected chi connectivity index (χ3v) is 5.57. The van der Waals surface area contributed by atoms with Crippen LogP contribution < -0.4 is 10.1 Å². The molecule has 1 amide bonds. The number of carbonyl (C=O) groups excluding carboxylic acids is 1. The molecule has 2 aromatic carbocycles. The van der Waals surface area contributed by atoms with E-state index in [1.165, 1.54) is 0 Å². The van der Waals surface area contributed by atoms with Crippen LogP contribution >= 0.6 is 0 Å². The first-order chi connectivity index (χ1) is 15.3. The number of benzene rings is 2. The van der Waals surface area contributed by atoms with Gasteiger partial charge in [0.25, 0.3) is 5.91 Å². The number of fused-ring (bicyclic) bond motifs is 1. The molecule has 0 saturated heterocycles. The predicted octanol–water partition coefficient (Wildman–Crippen LogP) is 4.45. The lowest BCUT2D eigenvalue weighted by Gasteiger charge is -2.28. The van der Waals surface area contributed by atoms with Crippen molar-refractivity contribution in [3.8, 4) is 11.6 Å². The first-order valence-electron chi connectivity index (χ1n) is 10.3. The third-order valence-electron chi connectivity index (χ3n) is 5.57. The summed E-state index contributed by atoms with van der Waals surface area (Å²) in [6.45, 7) is 6.08. The van der Waals surface area contributed by atoms with Gasteiger partial charge in [-0.05, 0) is 58.5 Å². The summed E-state index contributed by atoms with van der Waals surface area (Å²) in [5.74, 6) is 0.423. The second-order valence-corrected chi connectivity index (χ2v) is 8.05. The van der Waals surface area contributed by atoms with Gasteiger partial charge >= 0.3 is 0 Å². The molecule has 2 aromatic heterocycles. The van der Waals surface area contributed by atoms with E-state index >= 15 is 0 Å². The SMILES string of the molecule is CC(C)C(C)(O)c1ccc(CNC(=O)c2cccnc2Oc2ccc3nonc3c2)cc1.[HH]. The molecule has 2 N–H and O–H groups in total. The van der Waals surface area contributed by atoms with Crippen LogP contribution in [-0.4, -0.2) is 26.3 Å². The van der Waals surface area contributed by atoms with E-state index in [0.29, 0.717) is 28.9 Å². The highest BCUT2D eigenvalue weighted by Gasteiger charge is 2.26.